The van der Waals surface area contributed by atoms with Gasteiger partial charge in [0.15, 0.2) is 5.82 Å². The Balaban J connectivity index is 1.80. The van der Waals surface area contributed by atoms with Crippen LogP contribution in [0, 0.1) is 0 Å². The van der Waals surface area contributed by atoms with E-state index in [1.54, 1.807) is 6.08 Å². The van der Waals surface area contributed by atoms with E-state index in [4.69, 9.17) is 9.15 Å². The Morgan fingerprint density at radius 1 is 1.42 bits per heavy atom. The van der Waals surface area contributed by atoms with Crippen molar-refractivity contribution in [2.24, 2.45) is 0 Å². The molecule has 7 nitrogen and oxygen atoms in total. The van der Waals surface area contributed by atoms with Gasteiger partial charge in [0.1, 0.15) is 12.1 Å². The normalized spacial score (nSPS) is 18.6. The molecule has 0 amide bonds. The summed E-state index contributed by atoms with van der Waals surface area (Å²) in [5.41, 5.74) is -0.676. The zero-order chi connectivity index (χ0) is 17.2. The quantitative estimate of drug-likeness (QED) is 0.852. The minimum absolute atomic E-state index is 0.135. The lowest BCUT2D eigenvalue weighted by molar-refractivity contribution is -0.0949. The lowest BCUT2D eigenvalue weighted by Gasteiger charge is -2.20. The summed E-state index contributed by atoms with van der Waals surface area (Å²) in [6, 6.07) is 0. The van der Waals surface area contributed by atoms with Crippen LogP contribution in [0.25, 0.3) is 12.3 Å². The molecule has 0 radical (unpaired) electrons. The molecule has 3 rings (SSSR count). The number of aromatic nitrogens is 5. The summed E-state index contributed by atoms with van der Waals surface area (Å²) >= 11 is 0. The number of nitrogens with zero attached hydrogens (tertiary/aromatic N) is 5. The fourth-order valence-corrected chi connectivity index (χ4v) is 2.19. The van der Waals surface area contributed by atoms with Gasteiger partial charge in [0.05, 0.1) is 7.11 Å². The highest BCUT2D eigenvalue weighted by molar-refractivity contribution is 5.52. The number of ether oxygens (including phenoxy) is 1. The molecule has 2 aromatic heterocycles. The molecule has 1 aliphatic rings. The first-order valence-electron chi connectivity index (χ1n) is 6.84. The number of halogens is 3. The van der Waals surface area contributed by atoms with Gasteiger partial charge in [-0.2, -0.15) is 18.3 Å². The first kappa shape index (κ1) is 16.0. The van der Waals surface area contributed by atoms with Gasteiger partial charge in [-0.3, -0.25) is 0 Å². The van der Waals surface area contributed by atoms with Gasteiger partial charge in [-0.25, -0.2) is 9.67 Å². The molecule has 0 bridgehead atoms. The smallest absolute Gasteiger partial charge is 0.412 e. The SMILES string of the molecule is COC1=CC(c2ncn(/C=C\c3nnco3)n2)CC(C(F)(F)F)=C1. The average molecular weight is 339 g/mol. The van der Waals surface area contributed by atoms with E-state index >= 15 is 0 Å². The molecule has 2 aromatic rings. The second-order valence-electron chi connectivity index (χ2n) is 4.93. The second-order valence-corrected chi connectivity index (χ2v) is 4.93. The van der Waals surface area contributed by atoms with E-state index in [2.05, 4.69) is 20.3 Å². The van der Waals surface area contributed by atoms with Crippen LogP contribution in [0.3, 0.4) is 0 Å². The monoisotopic (exact) mass is 339 g/mol. The molecular formula is C14H12F3N5O2. The van der Waals surface area contributed by atoms with Gasteiger partial charge < -0.3 is 9.15 Å². The fraction of sp³-hybridized carbons (Fsp3) is 0.286. The molecule has 1 aliphatic carbocycles. The predicted octanol–water partition coefficient (Wildman–Crippen LogP) is 2.80. The number of hydrogen-bond donors (Lipinski definition) is 0. The van der Waals surface area contributed by atoms with Crippen LogP contribution >= 0.6 is 0 Å². The molecule has 0 saturated carbocycles. The second kappa shape index (κ2) is 6.30. The summed E-state index contributed by atoms with van der Waals surface area (Å²) in [5.74, 6) is 0.0408. The van der Waals surface area contributed by atoms with Crippen molar-refractivity contribution in [3.8, 4) is 0 Å². The molecule has 0 saturated heterocycles. The minimum Gasteiger partial charge on any atom is -0.497 e. The van der Waals surface area contributed by atoms with Gasteiger partial charge in [-0.15, -0.1) is 10.2 Å². The Labute approximate surface area is 134 Å². The number of alkyl halides is 3. The van der Waals surface area contributed by atoms with Gasteiger partial charge >= 0.3 is 6.18 Å². The topological polar surface area (TPSA) is 78.9 Å². The summed E-state index contributed by atoms with van der Waals surface area (Å²) in [6.07, 6.45) is 3.47. The van der Waals surface area contributed by atoms with Crippen LogP contribution < -0.4 is 0 Å². The van der Waals surface area contributed by atoms with Crippen molar-refractivity contribution >= 4 is 12.3 Å². The zero-order valence-corrected chi connectivity index (χ0v) is 12.4. The van der Waals surface area contributed by atoms with Crippen molar-refractivity contribution in [3.05, 3.63) is 47.9 Å². The van der Waals surface area contributed by atoms with Gasteiger partial charge in [0, 0.05) is 23.8 Å². The van der Waals surface area contributed by atoms with E-state index in [-0.39, 0.29) is 23.9 Å². The Morgan fingerprint density at radius 2 is 2.25 bits per heavy atom. The van der Waals surface area contributed by atoms with Crippen LogP contribution in [-0.4, -0.2) is 38.2 Å². The highest BCUT2D eigenvalue weighted by atomic mass is 19.4. The molecule has 0 fully saturated rings. The molecule has 2 heterocycles. The Hall–Kier alpha value is -2.91. The van der Waals surface area contributed by atoms with E-state index in [1.807, 2.05) is 0 Å². The number of methoxy groups -OCH3 is 1. The maximum absolute atomic E-state index is 13.0. The summed E-state index contributed by atoms with van der Waals surface area (Å²) in [4.78, 5) is 4.06. The molecular weight excluding hydrogens is 327 g/mol. The first-order valence-corrected chi connectivity index (χ1v) is 6.84. The van der Waals surface area contributed by atoms with Crippen LogP contribution in [0.5, 0.6) is 0 Å². The summed E-state index contributed by atoms with van der Waals surface area (Å²) < 4.78 is 50.2. The zero-order valence-electron chi connectivity index (χ0n) is 12.4. The van der Waals surface area contributed by atoms with Crippen molar-refractivity contribution in [3.63, 3.8) is 0 Å². The maximum Gasteiger partial charge on any atom is 0.412 e. The van der Waals surface area contributed by atoms with E-state index in [0.717, 1.165) is 6.08 Å². The Morgan fingerprint density at radius 3 is 2.92 bits per heavy atom. The highest BCUT2D eigenvalue weighted by Crippen LogP contribution is 2.38. The lowest BCUT2D eigenvalue weighted by Crippen LogP contribution is -2.18. The summed E-state index contributed by atoms with van der Waals surface area (Å²) in [7, 11) is 1.32. The van der Waals surface area contributed by atoms with Crippen LogP contribution in [0.4, 0.5) is 13.2 Å². The van der Waals surface area contributed by atoms with Crippen molar-refractivity contribution in [1.82, 2.24) is 25.0 Å². The number of allylic oxidation sites excluding steroid dienone is 3. The third kappa shape index (κ3) is 3.53. The molecule has 126 valence electrons. The van der Waals surface area contributed by atoms with Crippen LogP contribution in [-0.2, 0) is 4.74 Å². The van der Waals surface area contributed by atoms with Crippen molar-refractivity contribution in [2.45, 2.75) is 18.5 Å². The Kier molecular flexibility index (Phi) is 4.19. The van der Waals surface area contributed by atoms with Gasteiger partial charge in [0.25, 0.3) is 0 Å². The molecule has 10 heteroatoms. The highest BCUT2D eigenvalue weighted by Gasteiger charge is 2.37. The maximum atomic E-state index is 13.0. The number of hydrogen-bond acceptors (Lipinski definition) is 6. The van der Waals surface area contributed by atoms with Crippen molar-refractivity contribution < 1.29 is 22.3 Å². The third-order valence-corrected chi connectivity index (χ3v) is 3.33. The molecule has 0 N–H and O–H groups in total. The van der Waals surface area contributed by atoms with Crippen LogP contribution in [0.15, 0.2) is 40.6 Å². The predicted molar refractivity (Wildman–Crippen MR) is 76.1 cm³/mol. The standard InChI is InChI=1S/C14H12F3N5O2/c1-23-11-5-9(4-10(6-11)14(15,16)17)13-18-7-22(21-13)3-2-12-20-19-8-24-12/h2-3,5-9H,4H2,1H3/b3-2-. The minimum atomic E-state index is -4.42. The summed E-state index contributed by atoms with van der Waals surface area (Å²) in [5, 5.41) is 11.3. The van der Waals surface area contributed by atoms with Crippen molar-refractivity contribution in [2.75, 3.05) is 7.11 Å². The van der Waals surface area contributed by atoms with E-state index < -0.39 is 17.7 Å². The first-order chi connectivity index (χ1) is 11.5. The van der Waals surface area contributed by atoms with E-state index in [9.17, 15) is 13.2 Å². The Bertz CT molecular complexity index is 790. The van der Waals surface area contributed by atoms with Gasteiger partial charge in [0.2, 0.25) is 12.3 Å². The van der Waals surface area contributed by atoms with Gasteiger partial charge in [-0.1, -0.05) is 0 Å². The average Bonchev–Trinajstić information content (AvgIpc) is 3.23. The van der Waals surface area contributed by atoms with Gasteiger partial charge in [-0.05, 0) is 18.6 Å². The molecule has 0 aliphatic heterocycles. The van der Waals surface area contributed by atoms with Crippen LogP contribution in [0.1, 0.15) is 24.1 Å². The van der Waals surface area contributed by atoms with Crippen molar-refractivity contribution in [1.29, 1.82) is 0 Å². The molecule has 1 unspecified atom stereocenters. The van der Waals surface area contributed by atoms with E-state index in [0.29, 0.717) is 0 Å². The molecule has 0 spiro atoms. The third-order valence-electron chi connectivity index (χ3n) is 3.33. The fourth-order valence-electron chi connectivity index (χ4n) is 2.19. The molecule has 24 heavy (non-hydrogen) atoms. The molecule has 0 aromatic carbocycles. The van der Waals surface area contributed by atoms with Crippen LogP contribution in [0.2, 0.25) is 0 Å². The van der Waals surface area contributed by atoms with E-state index in [1.165, 1.54) is 36.8 Å². The summed E-state index contributed by atoms with van der Waals surface area (Å²) in [6.45, 7) is 0. The molecule has 1 atom stereocenters. The largest absolute Gasteiger partial charge is 0.497 e. The number of rotatable bonds is 4. The lowest BCUT2D eigenvalue weighted by atomic mass is 9.92.